The van der Waals surface area contributed by atoms with Gasteiger partial charge in [0.2, 0.25) is 5.91 Å². The molecule has 3 N–H and O–H groups in total. The largest absolute Gasteiger partial charge is 0.497 e. The van der Waals surface area contributed by atoms with Gasteiger partial charge in [0.15, 0.2) is 0 Å². The Hall–Kier alpha value is -2.83. The smallest absolute Gasteiger partial charge is 0.227 e. The van der Waals surface area contributed by atoms with Gasteiger partial charge in [0.25, 0.3) is 0 Å². The number of ether oxygens (including phenoxy) is 1. The molecule has 3 rings (SSSR count). The molecule has 2 aromatic carbocycles. The van der Waals surface area contributed by atoms with Crippen LogP contribution in [0, 0.1) is 6.92 Å². The fourth-order valence-corrected chi connectivity index (χ4v) is 3.11. The Labute approximate surface area is 171 Å². The number of hydrogen-bond acceptors (Lipinski definition) is 4. The molecule has 1 atom stereocenters. The number of carbonyl (C=O) groups excluding carboxylic acids is 1. The van der Waals surface area contributed by atoms with Crippen LogP contribution >= 0.6 is 12.4 Å². The van der Waals surface area contributed by atoms with E-state index in [-0.39, 0.29) is 30.8 Å². The van der Waals surface area contributed by atoms with Crippen LogP contribution in [0.25, 0.3) is 11.1 Å². The lowest BCUT2D eigenvalue weighted by atomic mass is 10.0. The second kappa shape index (κ2) is 9.39. The van der Waals surface area contributed by atoms with Gasteiger partial charge in [-0.25, -0.2) is 0 Å². The quantitative estimate of drug-likeness (QED) is 0.658. The summed E-state index contributed by atoms with van der Waals surface area (Å²) in [6.45, 7) is 1.92. The number of nitrogens with two attached hydrogens (primary N) is 1. The summed E-state index contributed by atoms with van der Waals surface area (Å²) >= 11 is 0. The van der Waals surface area contributed by atoms with Crippen LogP contribution in [-0.2, 0) is 11.8 Å². The third kappa shape index (κ3) is 4.71. The van der Waals surface area contributed by atoms with Crippen molar-refractivity contribution in [3.05, 3.63) is 65.9 Å². The Kier molecular flexibility index (Phi) is 7.20. The number of methoxy groups -OCH3 is 1. The van der Waals surface area contributed by atoms with E-state index in [4.69, 9.17) is 10.5 Å². The average molecular weight is 401 g/mol. The average Bonchev–Trinajstić information content (AvgIpc) is 2.95. The zero-order valence-corrected chi connectivity index (χ0v) is 17.0. The molecule has 1 aromatic heterocycles. The van der Waals surface area contributed by atoms with Crippen molar-refractivity contribution in [2.24, 2.45) is 12.8 Å². The lowest BCUT2D eigenvalue weighted by molar-refractivity contribution is -0.116. The fourth-order valence-electron chi connectivity index (χ4n) is 3.11. The summed E-state index contributed by atoms with van der Waals surface area (Å²) in [5.74, 6) is 1.28. The van der Waals surface area contributed by atoms with Gasteiger partial charge in [-0.05, 0) is 30.2 Å². The van der Waals surface area contributed by atoms with Crippen molar-refractivity contribution >= 4 is 24.1 Å². The van der Waals surface area contributed by atoms with Gasteiger partial charge in [-0.3, -0.25) is 9.48 Å². The molecule has 1 amide bonds. The van der Waals surface area contributed by atoms with E-state index in [1.165, 1.54) is 0 Å². The van der Waals surface area contributed by atoms with Crippen molar-refractivity contribution in [3.8, 4) is 16.9 Å². The highest BCUT2D eigenvalue weighted by Gasteiger charge is 2.19. The Bertz CT molecular complexity index is 924. The molecule has 6 nitrogen and oxygen atoms in total. The van der Waals surface area contributed by atoms with Crippen LogP contribution in [0.4, 0.5) is 5.82 Å². The maximum Gasteiger partial charge on any atom is 0.227 e. The molecule has 0 aliphatic rings. The summed E-state index contributed by atoms with van der Waals surface area (Å²) < 4.78 is 6.90. The van der Waals surface area contributed by atoms with Crippen LogP contribution < -0.4 is 15.8 Å². The number of halogens is 1. The van der Waals surface area contributed by atoms with Gasteiger partial charge in [0.1, 0.15) is 11.6 Å². The van der Waals surface area contributed by atoms with Crippen LogP contribution in [0.3, 0.4) is 0 Å². The van der Waals surface area contributed by atoms with Crippen molar-refractivity contribution in [1.82, 2.24) is 9.78 Å². The second-order valence-corrected chi connectivity index (χ2v) is 6.43. The number of rotatable bonds is 6. The third-order valence-electron chi connectivity index (χ3n) is 4.49. The molecule has 0 radical (unpaired) electrons. The molecule has 148 valence electrons. The zero-order chi connectivity index (χ0) is 19.4. The monoisotopic (exact) mass is 400 g/mol. The molecule has 0 saturated heterocycles. The molecule has 0 aliphatic heterocycles. The number of nitrogens with one attached hydrogen (secondary N) is 1. The van der Waals surface area contributed by atoms with Gasteiger partial charge < -0.3 is 15.8 Å². The van der Waals surface area contributed by atoms with Gasteiger partial charge in [-0.1, -0.05) is 42.5 Å². The van der Waals surface area contributed by atoms with Crippen molar-refractivity contribution in [1.29, 1.82) is 0 Å². The molecule has 3 aromatic rings. The number of hydrogen-bond donors (Lipinski definition) is 2. The first-order chi connectivity index (χ1) is 13.0. The lowest BCUT2D eigenvalue weighted by Gasteiger charge is -2.13. The number of carbonyl (C=O) groups is 1. The van der Waals surface area contributed by atoms with Crippen molar-refractivity contribution in [2.45, 2.75) is 19.4 Å². The van der Waals surface area contributed by atoms with Crippen molar-refractivity contribution < 1.29 is 9.53 Å². The van der Waals surface area contributed by atoms with E-state index in [1.807, 2.05) is 68.6 Å². The molecule has 0 spiro atoms. The highest BCUT2D eigenvalue weighted by atomic mass is 35.5. The van der Waals surface area contributed by atoms with Crippen LogP contribution in [0.1, 0.15) is 23.7 Å². The molecule has 0 bridgehead atoms. The first kappa shape index (κ1) is 21.5. The lowest BCUT2D eigenvalue weighted by Crippen LogP contribution is -2.22. The number of anilines is 1. The summed E-state index contributed by atoms with van der Waals surface area (Å²) in [6, 6.07) is 16.9. The minimum atomic E-state index is -0.357. The van der Waals surface area contributed by atoms with Crippen LogP contribution in [0.15, 0.2) is 54.6 Å². The molecule has 0 aliphatic carbocycles. The standard InChI is InChI=1S/C21H24N4O2.ClH/c1-14-20(16-9-11-17(27-3)12-10-16)21(25(2)24-14)23-19(26)13-18(22)15-7-5-4-6-8-15;/h4-12,18H,13,22H2,1-3H3,(H,23,26);1H. The Morgan fingerprint density at radius 3 is 2.43 bits per heavy atom. The molecule has 0 fully saturated rings. The third-order valence-corrected chi connectivity index (χ3v) is 4.49. The summed E-state index contributed by atoms with van der Waals surface area (Å²) in [4.78, 5) is 12.6. The van der Waals surface area contributed by atoms with E-state index in [9.17, 15) is 4.79 Å². The fraction of sp³-hybridized carbons (Fsp3) is 0.238. The molecule has 7 heteroatoms. The van der Waals surface area contributed by atoms with Gasteiger partial charge in [0, 0.05) is 25.1 Å². The number of amides is 1. The summed E-state index contributed by atoms with van der Waals surface area (Å²) in [5, 5.41) is 7.44. The number of aryl methyl sites for hydroxylation is 2. The molecular formula is C21H25ClN4O2. The normalized spacial score (nSPS) is 11.4. The predicted octanol–water partition coefficient (Wildman–Crippen LogP) is 3.85. The minimum Gasteiger partial charge on any atom is -0.497 e. The maximum atomic E-state index is 12.6. The van der Waals surface area contributed by atoms with Gasteiger partial charge in [0.05, 0.1) is 12.8 Å². The van der Waals surface area contributed by atoms with Gasteiger partial charge in [-0.2, -0.15) is 5.10 Å². The predicted molar refractivity (Wildman–Crippen MR) is 114 cm³/mol. The molecule has 0 saturated carbocycles. The van der Waals surface area contributed by atoms with Gasteiger partial charge >= 0.3 is 0 Å². The van der Waals surface area contributed by atoms with Crippen LogP contribution in [-0.4, -0.2) is 22.8 Å². The SMILES string of the molecule is COc1ccc(-c2c(C)nn(C)c2NC(=O)CC(N)c2ccccc2)cc1.Cl. The first-order valence-electron chi connectivity index (χ1n) is 8.78. The van der Waals surface area contributed by atoms with E-state index in [0.29, 0.717) is 5.82 Å². The summed E-state index contributed by atoms with van der Waals surface area (Å²) in [6.07, 6.45) is 0.191. The molecule has 1 heterocycles. The van der Waals surface area contributed by atoms with Crippen molar-refractivity contribution in [2.75, 3.05) is 12.4 Å². The van der Waals surface area contributed by atoms with Crippen LogP contribution in [0.2, 0.25) is 0 Å². The first-order valence-corrected chi connectivity index (χ1v) is 8.78. The molecular weight excluding hydrogens is 376 g/mol. The van der Waals surface area contributed by atoms with Crippen molar-refractivity contribution in [3.63, 3.8) is 0 Å². The van der Waals surface area contributed by atoms with Gasteiger partial charge in [-0.15, -0.1) is 12.4 Å². The number of benzene rings is 2. The van der Waals surface area contributed by atoms with E-state index in [1.54, 1.807) is 11.8 Å². The minimum absolute atomic E-state index is 0. The van der Waals surface area contributed by atoms with E-state index < -0.39 is 0 Å². The van der Waals surface area contributed by atoms with E-state index in [0.717, 1.165) is 28.1 Å². The number of aromatic nitrogens is 2. The Balaban J connectivity index is 0.00000280. The Morgan fingerprint density at radius 2 is 1.82 bits per heavy atom. The molecule has 1 unspecified atom stereocenters. The highest BCUT2D eigenvalue weighted by molar-refractivity contribution is 5.95. The maximum absolute atomic E-state index is 12.6. The topological polar surface area (TPSA) is 82.2 Å². The number of nitrogens with zero attached hydrogens (tertiary/aromatic N) is 2. The zero-order valence-electron chi connectivity index (χ0n) is 16.2. The van der Waals surface area contributed by atoms with Crippen LogP contribution in [0.5, 0.6) is 5.75 Å². The highest BCUT2D eigenvalue weighted by Crippen LogP contribution is 2.32. The second-order valence-electron chi connectivity index (χ2n) is 6.43. The molecule has 28 heavy (non-hydrogen) atoms. The summed E-state index contributed by atoms with van der Waals surface area (Å²) in [5.41, 5.74) is 9.80. The van der Waals surface area contributed by atoms with E-state index >= 15 is 0 Å². The van der Waals surface area contributed by atoms with E-state index in [2.05, 4.69) is 10.4 Å². The summed E-state index contributed by atoms with van der Waals surface area (Å²) in [7, 11) is 3.44. The Morgan fingerprint density at radius 1 is 1.18 bits per heavy atom.